The molecule has 2 N–H and O–H groups in total. The predicted octanol–water partition coefficient (Wildman–Crippen LogP) is 2.30. The Labute approximate surface area is 168 Å². The van der Waals surface area contributed by atoms with Crippen LogP contribution in [0.3, 0.4) is 0 Å². The zero-order valence-corrected chi connectivity index (χ0v) is 16.1. The van der Waals surface area contributed by atoms with E-state index in [1.54, 1.807) is 6.20 Å². The number of carbonyl (C=O) groups is 1. The molecule has 0 unspecified atom stereocenters. The molecule has 1 aliphatic heterocycles. The van der Waals surface area contributed by atoms with Gasteiger partial charge in [-0.3, -0.25) is 4.79 Å². The van der Waals surface area contributed by atoms with Gasteiger partial charge in [0, 0.05) is 50.7 Å². The number of aromatic nitrogens is 4. The lowest BCUT2D eigenvalue weighted by atomic mass is 10.2. The molecule has 1 fully saturated rings. The van der Waals surface area contributed by atoms with E-state index < -0.39 is 0 Å². The Morgan fingerprint density at radius 1 is 0.966 bits per heavy atom. The predicted molar refractivity (Wildman–Crippen MR) is 113 cm³/mol. The number of nitrogens with zero attached hydrogens (tertiary/aromatic N) is 6. The van der Waals surface area contributed by atoms with Crippen LogP contribution in [0.2, 0.25) is 0 Å². The van der Waals surface area contributed by atoms with Crippen molar-refractivity contribution in [3.63, 3.8) is 0 Å². The molecule has 3 heterocycles. The lowest BCUT2D eigenvalue weighted by molar-refractivity contribution is -0.114. The van der Waals surface area contributed by atoms with Crippen LogP contribution < -0.4 is 20.4 Å². The summed E-state index contributed by atoms with van der Waals surface area (Å²) >= 11 is 0. The SMILES string of the molecule is CC(=O)Nc1cccc(Nc2nncc(N3CCN(c4ccccn4)CC3)n2)c1. The molecule has 0 saturated carbocycles. The van der Waals surface area contributed by atoms with Crippen molar-refractivity contribution in [3.05, 3.63) is 54.9 Å². The molecule has 1 aliphatic rings. The van der Waals surface area contributed by atoms with Crippen molar-refractivity contribution < 1.29 is 4.79 Å². The van der Waals surface area contributed by atoms with Gasteiger partial charge in [0.25, 0.3) is 0 Å². The second-order valence-corrected chi connectivity index (χ2v) is 6.69. The summed E-state index contributed by atoms with van der Waals surface area (Å²) in [6, 6.07) is 13.3. The molecular formula is C20H22N8O. The van der Waals surface area contributed by atoms with Gasteiger partial charge in [-0.15, -0.1) is 5.10 Å². The minimum atomic E-state index is -0.119. The molecule has 29 heavy (non-hydrogen) atoms. The van der Waals surface area contributed by atoms with E-state index in [1.165, 1.54) is 6.92 Å². The normalized spacial score (nSPS) is 13.8. The van der Waals surface area contributed by atoms with Gasteiger partial charge in [-0.25, -0.2) is 4.98 Å². The van der Waals surface area contributed by atoms with Crippen LogP contribution in [-0.2, 0) is 4.79 Å². The molecule has 1 saturated heterocycles. The Balaban J connectivity index is 1.41. The van der Waals surface area contributed by atoms with Crippen LogP contribution in [0.1, 0.15) is 6.92 Å². The summed E-state index contributed by atoms with van der Waals surface area (Å²) in [4.78, 5) is 24.7. The Kier molecular flexibility index (Phi) is 5.46. The first-order valence-corrected chi connectivity index (χ1v) is 9.43. The van der Waals surface area contributed by atoms with Crippen molar-refractivity contribution in [2.45, 2.75) is 6.92 Å². The van der Waals surface area contributed by atoms with Gasteiger partial charge in [0.15, 0.2) is 5.82 Å². The average molecular weight is 390 g/mol. The summed E-state index contributed by atoms with van der Waals surface area (Å²) < 4.78 is 0. The number of anilines is 5. The van der Waals surface area contributed by atoms with Crippen LogP contribution in [0.25, 0.3) is 0 Å². The van der Waals surface area contributed by atoms with Gasteiger partial charge in [0.05, 0.1) is 6.20 Å². The van der Waals surface area contributed by atoms with Crippen LogP contribution in [0.15, 0.2) is 54.9 Å². The fourth-order valence-corrected chi connectivity index (χ4v) is 3.21. The average Bonchev–Trinajstić information content (AvgIpc) is 2.74. The smallest absolute Gasteiger partial charge is 0.249 e. The molecule has 0 aliphatic carbocycles. The Hall–Kier alpha value is -3.75. The Bertz CT molecular complexity index is 973. The van der Waals surface area contributed by atoms with Crippen molar-refractivity contribution in [1.29, 1.82) is 0 Å². The number of piperazine rings is 1. The maximum Gasteiger partial charge on any atom is 0.249 e. The summed E-state index contributed by atoms with van der Waals surface area (Å²) in [6.45, 7) is 4.86. The fourth-order valence-electron chi connectivity index (χ4n) is 3.21. The molecule has 9 nitrogen and oxygen atoms in total. The van der Waals surface area contributed by atoms with E-state index in [2.05, 4.69) is 40.6 Å². The van der Waals surface area contributed by atoms with Gasteiger partial charge in [0.2, 0.25) is 11.9 Å². The van der Waals surface area contributed by atoms with Crippen LogP contribution in [0.4, 0.5) is 29.0 Å². The molecule has 0 atom stereocenters. The quantitative estimate of drug-likeness (QED) is 0.685. The third kappa shape index (κ3) is 4.75. The first-order valence-electron chi connectivity index (χ1n) is 9.43. The van der Waals surface area contributed by atoms with Gasteiger partial charge >= 0.3 is 0 Å². The fraction of sp³-hybridized carbons (Fsp3) is 0.250. The molecule has 4 rings (SSSR count). The number of rotatable bonds is 5. The Morgan fingerprint density at radius 2 is 1.72 bits per heavy atom. The van der Waals surface area contributed by atoms with E-state index in [9.17, 15) is 4.79 Å². The van der Waals surface area contributed by atoms with E-state index in [4.69, 9.17) is 0 Å². The zero-order chi connectivity index (χ0) is 20.1. The highest BCUT2D eigenvalue weighted by molar-refractivity contribution is 5.89. The number of benzene rings is 1. The highest BCUT2D eigenvalue weighted by Crippen LogP contribution is 2.20. The van der Waals surface area contributed by atoms with E-state index in [0.717, 1.165) is 43.5 Å². The molecule has 0 bridgehead atoms. The number of amides is 1. The molecular weight excluding hydrogens is 368 g/mol. The van der Waals surface area contributed by atoms with Crippen molar-refractivity contribution in [1.82, 2.24) is 20.2 Å². The zero-order valence-electron chi connectivity index (χ0n) is 16.1. The monoisotopic (exact) mass is 390 g/mol. The number of nitrogens with one attached hydrogen (secondary N) is 2. The Morgan fingerprint density at radius 3 is 2.45 bits per heavy atom. The second kappa shape index (κ2) is 8.51. The number of hydrogen-bond acceptors (Lipinski definition) is 8. The summed E-state index contributed by atoms with van der Waals surface area (Å²) in [7, 11) is 0. The number of hydrogen-bond donors (Lipinski definition) is 2. The van der Waals surface area contributed by atoms with Crippen LogP contribution in [0, 0.1) is 0 Å². The molecule has 0 spiro atoms. The maximum atomic E-state index is 11.2. The van der Waals surface area contributed by atoms with Gasteiger partial charge in [0.1, 0.15) is 5.82 Å². The summed E-state index contributed by atoms with van der Waals surface area (Å²) in [5.41, 5.74) is 1.48. The van der Waals surface area contributed by atoms with E-state index >= 15 is 0 Å². The van der Waals surface area contributed by atoms with E-state index in [-0.39, 0.29) is 5.91 Å². The first kappa shape index (κ1) is 18.6. The molecule has 0 radical (unpaired) electrons. The van der Waals surface area contributed by atoms with Crippen molar-refractivity contribution >= 4 is 34.9 Å². The largest absolute Gasteiger partial charge is 0.353 e. The molecule has 9 heteroatoms. The lowest BCUT2D eigenvalue weighted by Crippen LogP contribution is -2.47. The van der Waals surface area contributed by atoms with Crippen LogP contribution in [0.5, 0.6) is 0 Å². The topological polar surface area (TPSA) is 99.2 Å². The highest BCUT2D eigenvalue weighted by Gasteiger charge is 2.19. The first-order chi connectivity index (χ1) is 14.2. The number of carbonyl (C=O) groups excluding carboxylic acids is 1. The lowest BCUT2D eigenvalue weighted by Gasteiger charge is -2.35. The summed E-state index contributed by atoms with van der Waals surface area (Å²) in [5, 5.41) is 14.1. The van der Waals surface area contributed by atoms with E-state index in [0.29, 0.717) is 11.6 Å². The standard InChI is InChI=1S/C20H22N8O/c1-15(29)23-16-5-4-6-17(13-16)24-20-25-19(14-22-26-20)28-11-9-27(10-12-28)18-7-2-3-8-21-18/h2-8,13-14H,9-12H2,1H3,(H,23,29)(H,24,25,26). The third-order valence-corrected chi connectivity index (χ3v) is 4.56. The molecule has 148 valence electrons. The van der Waals surface area contributed by atoms with Gasteiger partial charge in [-0.1, -0.05) is 12.1 Å². The second-order valence-electron chi connectivity index (χ2n) is 6.69. The molecule has 3 aromatic rings. The minimum absolute atomic E-state index is 0.119. The third-order valence-electron chi connectivity index (χ3n) is 4.56. The molecule has 1 aromatic carbocycles. The van der Waals surface area contributed by atoms with Crippen molar-refractivity contribution in [2.24, 2.45) is 0 Å². The minimum Gasteiger partial charge on any atom is -0.353 e. The molecule has 2 aromatic heterocycles. The molecule has 1 amide bonds. The highest BCUT2D eigenvalue weighted by atomic mass is 16.1. The maximum absolute atomic E-state index is 11.2. The van der Waals surface area contributed by atoms with Crippen LogP contribution >= 0.6 is 0 Å². The van der Waals surface area contributed by atoms with Gasteiger partial charge in [-0.2, -0.15) is 10.1 Å². The number of pyridine rings is 1. The van der Waals surface area contributed by atoms with Crippen LogP contribution in [-0.4, -0.2) is 52.3 Å². The van der Waals surface area contributed by atoms with Crippen molar-refractivity contribution in [2.75, 3.05) is 46.6 Å². The summed E-state index contributed by atoms with van der Waals surface area (Å²) in [5.74, 6) is 2.07. The van der Waals surface area contributed by atoms with Gasteiger partial charge < -0.3 is 20.4 Å². The van der Waals surface area contributed by atoms with Gasteiger partial charge in [-0.05, 0) is 30.3 Å². The van der Waals surface area contributed by atoms with Crippen molar-refractivity contribution in [3.8, 4) is 0 Å². The summed E-state index contributed by atoms with van der Waals surface area (Å²) in [6.07, 6.45) is 3.49. The van der Waals surface area contributed by atoms with E-state index in [1.807, 2.05) is 48.7 Å².